The van der Waals surface area contributed by atoms with Crippen LogP contribution in [0, 0.1) is 0 Å². The van der Waals surface area contributed by atoms with Gasteiger partial charge in [-0.15, -0.1) is 0 Å². The number of carbonyl (C=O) groups excluding carboxylic acids is 1. The summed E-state index contributed by atoms with van der Waals surface area (Å²) < 4.78 is 1.62. The van der Waals surface area contributed by atoms with Crippen molar-refractivity contribution in [1.29, 1.82) is 0 Å². The van der Waals surface area contributed by atoms with Gasteiger partial charge in [0.25, 0.3) is 5.56 Å². The van der Waals surface area contributed by atoms with E-state index in [1.165, 1.54) is 11.8 Å². The van der Waals surface area contributed by atoms with Gasteiger partial charge in [0, 0.05) is 23.7 Å². The molecule has 0 spiro atoms. The first kappa shape index (κ1) is 23.4. The van der Waals surface area contributed by atoms with Crippen LogP contribution < -0.4 is 10.9 Å². The van der Waals surface area contributed by atoms with Gasteiger partial charge in [-0.3, -0.25) is 14.2 Å². The first-order valence-electron chi connectivity index (χ1n) is 10.8. The largest absolute Gasteiger partial charge is 0.356 e. The Morgan fingerprint density at radius 1 is 1.10 bits per heavy atom. The Labute approximate surface area is 192 Å². The summed E-state index contributed by atoms with van der Waals surface area (Å²) in [6.45, 7) is 2.91. The molecular formula is C24H28ClN3O2S. The van der Waals surface area contributed by atoms with Crippen molar-refractivity contribution in [2.45, 2.75) is 50.6 Å². The molecule has 0 saturated heterocycles. The molecule has 1 heterocycles. The minimum atomic E-state index is -0.109. The molecule has 0 fully saturated rings. The Hall–Kier alpha value is -2.31. The molecule has 2 aromatic carbocycles. The fourth-order valence-electron chi connectivity index (χ4n) is 3.29. The molecule has 1 aromatic heterocycles. The normalized spacial score (nSPS) is 11.0. The molecule has 1 N–H and O–H groups in total. The van der Waals surface area contributed by atoms with Crippen molar-refractivity contribution in [1.82, 2.24) is 14.9 Å². The number of unbranched alkanes of at least 4 members (excludes halogenated alkanes) is 3. The van der Waals surface area contributed by atoms with Crippen LogP contribution in [0.5, 0.6) is 0 Å². The third-order valence-corrected chi connectivity index (χ3v) is 6.20. The minimum absolute atomic E-state index is 0.109. The molecule has 0 saturated carbocycles. The zero-order chi connectivity index (χ0) is 22.1. The third kappa shape index (κ3) is 6.58. The Morgan fingerprint density at radius 2 is 1.94 bits per heavy atom. The number of hydrogen-bond donors (Lipinski definition) is 1. The van der Waals surface area contributed by atoms with Crippen molar-refractivity contribution in [2.24, 2.45) is 0 Å². The van der Waals surface area contributed by atoms with E-state index >= 15 is 0 Å². The lowest BCUT2D eigenvalue weighted by Crippen LogP contribution is -2.24. The maximum Gasteiger partial charge on any atom is 0.266 e. The van der Waals surface area contributed by atoms with Crippen LogP contribution in [0.1, 0.15) is 45.4 Å². The Kier molecular flexibility index (Phi) is 8.98. The average Bonchev–Trinajstić information content (AvgIpc) is 2.76. The zero-order valence-corrected chi connectivity index (χ0v) is 19.3. The van der Waals surface area contributed by atoms with Crippen LogP contribution in [0.3, 0.4) is 0 Å². The number of hydrogen-bond acceptors (Lipinski definition) is 4. The fraction of sp³-hybridized carbons (Fsp3) is 0.375. The quantitative estimate of drug-likeness (QED) is 0.231. The number of aromatic nitrogens is 2. The van der Waals surface area contributed by atoms with Gasteiger partial charge in [-0.05, 0) is 49.6 Å². The van der Waals surface area contributed by atoms with Crippen LogP contribution in [0.15, 0.2) is 58.5 Å². The van der Waals surface area contributed by atoms with Crippen molar-refractivity contribution >= 4 is 40.2 Å². The third-order valence-electron chi connectivity index (χ3n) is 4.94. The number of rotatable bonds is 11. The zero-order valence-electron chi connectivity index (χ0n) is 17.8. The average molecular weight is 458 g/mol. The monoisotopic (exact) mass is 457 g/mol. The molecular weight excluding hydrogens is 430 g/mol. The van der Waals surface area contributed by atoms with E-state index in [0.29, 0.717) is 33.2 Å². The number of nitrogens with one attached hydrogen (secondary N) is 1. The van der Waals surface area contributed by atoms with Gasteiger partial charge in [0.2, 0.25) is 5.91 Å². The van der Waals surface area contributed by atoms with Crippen LogP contribution in [-0.4, -0.2) is 27.8 Å². The smallest absolute Gasteiger partial charge is 0.266 e. The van der Waals surface area contributed by atoms with Gasteiger partial charge in [-0.1, -0.05) is 61.3 Å². The maximum atomic E-state index is 13.2. The molecule has 5 nitrogen and oxygen atoms in total. The van der Waals surface area contributed by atoms with E-state index in [1.807, 2.05) is 30.3 Å². The molecule has 0 aliphatic rings. The second-order valence-corrected chi connectivity index (χ2v) is 8.89. The Morgan fingerprint density at radius 3 is 2.74 bits per heavy atom. The highest BCUT2D eigenvalue weighted by molar-refractivity contribution is 7.99. The molecule has 164 valence electrons. The van der Waals surface area contributed by atoms with E-state index in [1.54, 1.807) is 22.8 Å². The van der Waals surface area contributed by atoms with Crippen LogP contribution in [0.25, 0.3) is 16.6 Å². The summed E-state index contributed by atoms with van der Waals surface area (Å²) in [5.41, 5.74) is 1.27. The Balaban J connectivity index is 1.67. The highest BCUT2D eigenvalue weighted by atomic mass is 35.5. The molecule has 0 aliphatic heterocycles. The topological polar surface area (TPSA) is 64.0 Å². The molecule has 7 heteroatoms. The van der Waals surface area contributed by atoms with Gasteiger partial charge in [0.05, 0.1) is 16.6 Å². The molecule has 0 atom stereocenters. The van der Waals surface area contributed by atoms with Crippen molar-refractivity contribution < 1.29 is 4.79 Å². The van der Waals surface area contributed by atoms with E-state index in [9.17, 15) is 9.59 Å². The second-order valence-electron chi connectivity index (χ2n) is 7.39. The number of nitrogens with zero attached hydrogens (tertiary/aromatic N) is 2. The molecule has 3 rings (SSSR count). The standard InChI is InChI=1S/C24H28ClN3O2S/c1-2-3-7-15-26-22(29)14-6-8-16-31-24-27-21-13-5-4-12-20(21)23(30)28(24)19-11-9-10-18(25)17-19/h4-5,9-13,17H,2-3,6-8,14-16H2,1H3,(H,26,29). The lowest BCUT2D eigenvalue weighted by Gasteiger charge is -2.13. The van der Waals surface area contributed by atoms with Gasteiger partial charge < -0.3 is 5.32 Å². The van der Waals surface area contributed by atoms with Crippen molar-refractivity contribution in [3.8, 4) is 5.69 Å². The molecule has 0 bridgehead atoms. The van der Waals surface area contributed by atoms with E-state index < -0.39 is 0 Å². The van der Waals surface area contributed by atoms with E-state index in [4.69, 9.17) is 16.6 Å². The summed E-state index contributed by atoms with van der Waals surface area (Å²) in [6, 6.07) is 14.6. The summed E-state index contributed by atoms with van der Waals surface area (Å²) in [7, 11) is 0. The number of benzene rings is 2. The minimum Gasteiger partial charge on any atom is -0.356 e. The number of carbonyl (C=O) groups is 1. The predicted molar refractivity (Wildman–Crippen MR) is 129 cm³/mol. The van der Waals surface area contributed by atoms with Crippen LogP contribution in [0.2, 0.25) is 5.02 Å². The summed E-state index contributed by atoms with van der Waals surface area (Å²) >= 11 is 7.70. The maximum absolute atomic E-state index is 13.2. The summed E-state index contributed by atoms with van der Waals surface area (Å²) in [5, 5.41) is 4.75. The van der Waals surface area contributed by atoms with Crippen LogP contribution in [0.4, 0.5) is 0 Å². The number of para-hydroxylation sites is 1. The first-order valence-corrected chi connectivity index (χ1v) is 12.1. The predicted octanol–water partition coefficient (Wildman–Crippen LogP) is 5.61. The first-order chi connectivity index (χ1) is 15.1. The van der Waals surface area contributed by atoms with E-state index in [2.05, 4.69) is 12.2 Å². The van der Waals surface area contributed by atoms with E-state index in [0.717, 1.165) is 44.4 Å². The number of amides is 1. The number of halogens is 1. The van der Waals surface area contributed by atoms with Crippen molar-refractivity contribution in [3.63, 3.8) is 0 Å². The summed E-state index contributed by atoms with van der Waals surface area (Å²) in [4.78, 5) is 29.8. The fourth-order valence-corrected chi connectivity index (χ4v) is 4.49. The van der Waals surface area contributed by atoms with E-state index in [-0.39, 0.29) is 11.5 Å². The molecule has 1 amide bonds. The van der Waals surface area contributed by atoms with Crippen molar-refractivity contribution in [2.75, 3.05) is 12.3 Å². The second kappa shape index (κ2) is 11.9. The highest BCUT2D eigenvalue weighted by Crippen LogP contribution is 2.24. The number of fused-ring (bicyclic) bond motifs is 1. The number of thioether (sulfide) groups is 1. The molecule has 0 unspecified atom stereocenters. The van der Waals surface area contributed by atoms with Gasteiger partial charge >= 0.3 is 0 Å². The highest BCUT2D eigenvalue weighted by Gasteiger charge is 2.13. The lowest BCUT2D eigenvalue weighted by atomic mass is 10.2. The van der Waals surface area contributed by atoms with Gasteiger partial charge in [0.1, 0.15) is 0 Å². The molecule has 0 aliphatic carbocycles. The van der Waals surface area contributed by atoms with Gasteiger partial charge in [0.15, 0.2) is 5.16 Å². The van der Waals surface area contributed by atoms with Crippen LogP contribution >= 0.6 is 23.4 Å². The summed E-state index contributed by atoms with van der Waals surface area (Å²) in [6.07, 6.45) is 5.53. The molecule has 3 aromatic rings. The van der Waals surface area contributed by atoms with Gasteiger partial charge in [-0.2, -0.15) is 0 Å². The lowest BCUT2D eigenvalue weighted by molar-refractivity contribution is -0.121. The van der Waals surface area contributed by atoms with Crippen molar-refractivity contribution in [3.05, 3.63) is 63.9 Å². The van der Waals surface area contributed by atoms with Crippen LogP contribution in [-0.2, 0) is 4.79 Å². The Bertz CT molecular complexity index is 1080. The molecule has 31 heavy (non-hydrogen) atoms. The van der Waals surface area contributed by atoms with Gasteiger partial charge in [-0.25, -0.2) is 4.98 Å². The summed E-state index contributed by atoms with van der Waals surface area (Å²) in [5.74, 6) is 0.884. The SMILES string of the molecule is CCCCCNC(=O)CCCCSc1nc2ccccc2c(=O)n1-c1cccc(Cl)c1. The molecule has 0 radical (unpaired) electrons.